The highest BCUT2D eigenvalue weighted by Gasteiger charge is 2.24. The third kappa shape index (κ3) is 2.11. The fraction of sp³-hybridized carbons (Fsp3) is 0.455. The van der Waals surface area contributed by atoms with Crippen molar-refractivity contribution in [3.63, 3.8) is 0 Å². The molecule has 2 rings (SSSR count). The van der Waals surface area contributed by atoms with Gasteiger partial charge in [-0.3, -0.25) is 0 Å². The van der Waals surface area contributed by atoms with Crippen LogP contribution in [-0.2, 0) is 4.74 Å². The number of aryl methyl sites for hydroxylation is 1. The lowest BCUT2D eigenvalue weighted by Crippen LogP contribution is -2.26. The van der Waals surface area contributed by atoms with Gasteiger partial charge in [0.25, 0.3) is 5.78 Å². The minimum absolute atomic E-state index is 0.184. The van der Waals surface area contributed by atoms with Gasteiger partial charge in [0.15, 0.2) is 0 Å². The molecule has 96 valence electrons. The van der Waals surface area contributed by atoms with Gasteiger partial charge in [0, 0.05) is 0 Å². The summed E-state index contributed by atoms with van der Waals surface area (Å²) in [5.74, 6) is 0.0314. The number of anilines is 1. The van der Waals surface area contributed by atoms with Gasteiger partial charge in [-0.25, -0.2) is 9.78 Å². The Morgan fingerprint density at radius 2 is 2.11 bits per heavy atom. The molecule has 7 nitrogen and oxygen atoms in total. The number of esters is 1. The van der Waals surface area contributed by atoms with Gasteiger partial charge in [-0.2, -0.15) is 14.6 Å². The first-order valence-corrected chi connectivity index (χ1v) is 5.49. The molecule has 2 aromatic rings. The highest BCUT2D eigenvalue weighted by Crippen LogP contribution is 2.19. The molecule has 0 saturated heterocycles. The van der Waals surface area contributed by atoms with Crippen LogP contribution in [0.25, 0.3) is 5.78 Å². The van der Waals surface area contributed by atoms with Crippen LogP contribution in [0.2, 0.25) is 0 Å². The van der Waals surface area contributed by atoms with Crippen molar-refractivity contribution >= 4 is 17.6 Å². The summed E-state index contributed by atoms with van der Waals surface area (Å²) in [7, 11) is 0. The van der Waals surface area contributed by atoms with Gasteiger partial charge in [-0.1, -0.05) is 0 Å². The molecule has 0 aliphatic rings. The third-order valence-corrected chi connectivity index (χ3v) is 2.25. The first-order valence-electron chi connectivity index (χ1n) is 5.49. The Morgan fingerprint density at radius 3 is 2.72 bits per heavy atom. The van der Waals surface area contributed by atoms with E-state index in [0.29, 0.717) is 11.5 Å². The van der Waals surface area contributed by atoms with E-state index in [1.54, 1.807) is 27.7 Å². The highest BCUT2D eigenvalue weighted by atomic mass is 16.6. The second kappa shape index (κ2) is 3.94. The summed E-state index contributed by atoms with van der Waals surface area (Å²) in [6.45, 7) is 7.05. The molecule has 0 saturated carbocycles. The zero-order chi connectivity index (χ0) is 13.5. The molecule has 0 spiro atoms. The Kier molecular flexibility index (Phi) is 2.68. The molecular weight excluding hydrogens is 234 g/mol. The Morgan fingerprint density at radius 1 is 1.44 bits per heavy atom. The first-order chi connectivity index (χ1) is 8.29. The van der Waals surface area contributed by atoms with Crippen molar-refractivity contribution in [1.29, 1.82) is 0 Å². The molecule has 0 fully saturated rings. The van der Waals surface area contributed by atoms with E-state index in [9.17, 15) is 4.79 Å². The summed E-state index contributed by atoms with van der Waals surface area (Å²) in [5, 5.41) is 3.91. The average Bonchev–Trinajstić information content (AvgIpc) is 2.62. The number of carbonyl (C=O) groups is 1. The van der Waals surface area contributed by atoms with Gasteiger partial charge < -0.3 is 10.5 Å². The van der Waals surface area contributed by atoms with Gasteiger partial charge in [-0.05, 0) is 27.7 Å². The second-order valence-corrected chi connectivity index (χ2v) is 4.93. The number of nitrogens with zero attached hydrogens (tertiary/aromatic N) is 4. The lowest BCUT2D eigenvalue weighted by Gasteiger charge is -2.20. The minimum Gasteiger partial charge on any atom is -0.456 e. The largest absolute Gasteiger partial charge is 0.456 e. The average molecular weight is 249 g/mol. The number of ether oxygens (including phenoxy) is 1. The standard InChI is InChI=1S/C11H15N5O2/c1-6-7(9(17)18-11(2,3)4)8(12)16-10(15-6)13-5-14-16/h5H,12H2,1-4H3. The molecule has 2 aromatic heterocycles. The Balaban J connectivity index is 2.53. The van der Waals surface area contributed by atoms with E-state index >= 15 is 0 Å². The van der Waals surface area contributed by atoms with Crippen molar-refractivity contribution < 1.29 is 9.53 Å². The number of hydrogen-bond acceptors (Lipinski definition) is 6. The van der Waals surface area contributed by atoms with Gasteiger partial charge in [0.1, 0.15) is 23.3 Å². The van der Waals surface area contributed by atoms with Crippen molar-refractivity contribution in [3.8, 4) is 0 Å². The van der Waals surface area contributed by atoms with Crippen LogP contribution in [0, 0.1) is 6.92 Å². The topological polar surface area (TPSA) is 95.4 Å². The minimum atomic E-state index is -0.590. The lowest BCUT2D eigenvalue weighted by molar-refractivity contribution is 0.00690. The molecule has 2 heterocycles. The third-order valence-electron chi connectivity index (χ3n) is 2.25. The number of fused-ring (bicyclic) bond motifs is 1. The van der Waals surface area contributed by atoms with Gasteiger partial charge in [-0.15, -0.1) is 0 Å². The van der Waals surface area contributed by atoms with E-state index in [1.165, 1.54) is 10.8 Å². The predicted molar refractivity (Wildman–Crippen MR) is 65.1 cm³/mol. The van der Waals surface area contributed by atoms with Crippen molar-refractivity contribution in [2.75, 3.05) is 5.73 Å². The normalized spacial score (nSPS) is 11.8. The van der Waals surface area contributed by atoms with E-state index in [-0.39, 0.29) is 11.4 Å². The summed E-state index contributed by atoms with van der Waals surface area (Å²) < 4.78 is 6.60. The van der Waals surface area contributed by atoms with E-state index in [1.807, 2.05) is 0 Å². The molecule has 0 aromatic carbocycles. The van der Waals surface area contributed by atoms with Gasteiger partial charge in [0.05, 0.1) is 5.69 Å². The van der Waals surface area contributed by atoms with Crippen LogP contribution in [0.15, 0.2) is 6.33 Å². The quantitative estimate of drug-likeness (QED) is 0.756. The van der Waals surface area contributed by atoms with E-state index < -0.39 is 11.6 Å². The summed E-state index contributed by atoms with van der Waals surface area (Å²) in [4.78, 5) is 20.1. The molecule has 0 aliphatic carbocycles. The number of aromatic nitrogens is 4. The zero-order valence-corrected chi connectivity index (χ0v) is 10.8. The first kappa shape index (κ1) is 12.3. The summed E-state index contributed by atoms with van der Waals surface area (Å²) in [5.41, 5.74) is 6.01. The van der Waals surface area contributed by atoms with E-state index in [4.69, 9.17) is 10.5 Å². The molecule has 7 heteroatoms. The maximum absolute atomic E-state index is 12.1. The van der Waals surface area contributed by atoms with Crippen LogP contribution in [0.4, 0.5) is 5.82 Å². The summed E-state index contributed by atoms with van der Waals surface area (Å²) >= 11 is 0. The number of carbonyl (C=O) groups excluding carboxylic acids is 1. The molecule has 0 bridgehead atoms. The van der Waals surface area contributed by atoms with Crippen LogP contribution in [-0.4, -0.2) is 31.2 Å². The number of hydrogen-bond donors (Lipinski definition) is 1. The van der Waals surface area contributed by atoms with Crippen molar-refractivity contribution in [1.82, 2.24) is 19.6 Å². The smallest absolute Gasteiger partial charge is 0.344 e. The number of rotatable bonds is 1. The van der Waals surface area contributed by atoms with Crippen LogP contribution in [0.5, 0.6) is 0 Å². The maximum Gasteiger partial charge on any atom is 0.344 e. The molecule has 0 unspecified atom stereocenters. The number of nitrogens with two attached hydrogens (primary N) is 1. The Hall–Kier alpha value is -2.18. The predicted octanol–water partition coefficient (Wildman–Crippen LogP) is 0.970. The molecule has 0 atom stereocenters. The summed E-state index contributed by atoms with van der Waals surface area (Å²) in [6.07, 6.45) is 1.33. The van der Waals surface area contributed by atoms with E-state index in [0.717, 1.165) is 0 Å². The lowest BCUT2D eigenvalue weighted by atomic mass is 10.1. The van der Waals surface area contributed by atoms with Crippen LogP contribution in [0.3, 0.4) is 0 Å². The molecule has 0 radical (unpaired) electrons. The monoisotopic (exact) mass is 249 g/mol. The van der Waals surface area contributed by atoms with Crippen LogP contribution in [0.1, 0.15) is 36.8 Å². The van der Waals surface area contributed by atoms with Crippen LogP contribution < -0.4 is 5.73 Å². The molecule has 18 heavy (non-hydrogen) atoms. The van der Waals surface area contributed by atoms with Crippen molar-refractivity contribution in [2.45, 2.75) is 33.3 Å². The Bertz CT molecular complexity index is 612. The van der Waals surface area contributed by atoms with Gasteiger partial charge in [0.2, 0.25) is 0 Å². The SMILES string of the molecule is Cc1nc2ncnn2c(N)c1C(=O)OC(C)(C)C. The van der Waals surface area contributed by atoms with Crippen molar-refractivity contribution in [3.05, 3.63) is 17.6 Å². The molecule has 0 aliphatic heterocycles. The Labute approximate surface area is 104 Å². The fourth-order valence-electron chi connectivity index (χ4n) is 1.56. The van der Waals surface area contributed by atoms with E-state index in [2.05, 4.69) is 15.1 Å². The maximum atomic E-state index is 12.1. The zero-order valence-electron chi connectivity index (χ0n) is 10.8. The number of nitrogen functional groups attached to an aromatic ring is 1. The molecule has 2 N–H and O–H groups in total. The molecule has 0 amide bonds. The fourth-order valence-corrected chi connectivity index (χ4v) is 1.56. The summed E-state index contributed by atoms with van der Waals surface area (Å²) in [6, 6.07) is 0. The highest BCUT2D eigenvalue weighted by molar-refractivity contribution is 5.95. The second-order valence-electron chi connectivity index (χ2n) is 4.93. The van der Waals surface area contributed by atoms with Gasteiger partial charge >= 0.3 is 5.97 Å². The molecular formula is C11H15N5O2. The van der Waals surface area contributed by atoms with Crippen LogP contribution >= 0.6 is 0 Å². The van der Waals surface area contributed by atoms with Crippen molar-refractivity contribution in [2.24, 2.45) is 0 Å².